The van der Waals surface area contributed by atoms with Crippen molar-refractivity contribution < 1.29 is 4.74 Å². The van der Waals surface area contributed by atoms with Gasteiger partial charge in [0.25, 0.3) is 0 Å². The van der Waals surface area contributed by atoms with E-state index in [1.807, 2.05) is 20.8 Å². The van der Waals surface area contributed by atoms with E-state index in [1.165, 1.54) is 0 Å². The molecule has 0 N–H and O–H groups in total. The molecule has 3 heteroatoms. The molecule has 0 fully saturated rings. The van der Waals surface area contributed by atoms with Gasteiger partial charge in [0.1, 0.15) is 0 Å². The summed E-state index contributed by atoms with van der Waals surface area (Å²) in [6.45, 7) is 6.73. The lowest BCUT2D eigenvalue weighted by atomic mass is 10.5. The summed E-state index contributed by atoms with van der Waals surface area (Å²) < 4.78 is 5.13. The van der Waals surface area contributed by atoms with Gasteiger partial charge in [-0.05, 0) is 12.5 Å². The minimum absolute atomic E-state index is 0.462. The van der Waals surface area contributed by atoms with Crippen molar-refractivity contribution in [3.05, 3.63) is 18.5 Å². The molecule has 12 heavy (non-hydrogen) atoms. The molecule has 0 spiro atoms. The first-order chi connectivity index (χ1) is 5.93. The fourth-order valence-corrected chi connectivity index (χ4v) is 0.553. The molecule has 1 aromatic rings. The third-order valence-corrected chi connectivity index (χ3v) is 0.977. The van der Waals surface area contributed by atoms with Crippen LogP contribution in [0, 0.1) is 0 Å². The monoisotopic (exact) mass is 168 g/mol. The Labute approximate surface area is 73.8 Å². The molecular weight excluding hydrogens is 152 g/mol. The summed E-state index contributed by atoms with van der Waals surface area (Å²) in [5.74, 6) is 0. The molecule has 0 saturated carbocycles. The molecule has 0 aliphatic heterocycles. The summed E-state index contributed by atoms with van der Waals surface area (Å²) in [6, 6.07) is 2.23. The van der Waals surface area contributed by atoms with Crippen molar-refractivity contribution in [3.63, 3.8) is 0 Å². The van der Waals surface area contributed by atoms with Gasteiger partial charge < -0.3 is 4.74 Å². The van der Waals surface area contributed by atoms with E-state index in [2.05, 4.69) is 9.97 Å². The second-order valence-corrected chi connectivity index (χ2v) is 1.88. The number of ether oxygens (including phenoxy) is 1. The van der Waals surface area contributed by atoms with Gasteiger partial charge in [0, 0.05) is 12.4 Å². The third kappa shape index (κ3) is 4.66. The quantitative estimate of drug-likeness (QED) is 0.694. The van der Waals surface area contributed by atoms with E-state index in [4.69, 9.17) is 4.74 Å². The molecule has 0 aliphatic carbocycles. The van der Waals surface area contributed by atoms with Gasteiger partial charge in [-0.1, -0.05) is 20.8 Å². The smallest absolute Gasteiger partial charge is 0.316 e. The highest BCUT2D eigenvalue weighted by atomic mass is 16.5. The van der Waals surface area contributed by atoms with Gasteiger partial charge in [0.15, 0.2) is 0 Å². The Balaban J connectivity index is 0.000000561. The summed E-state index contributed by atoms with van der Waals surface area (Å²) in [7, 11) is 0. The molecule has 0 aromatic carbocycles. The van der Waals surface area contributed by atoms with Crippen LogP contribution >= 0.6 is 0 Å². The van der Waals surface area contributed by atoms with Gasteiger partial charge in [-0.2, -0.15) is 0 Å². The van der Waals surface area contributed by atoms with Crippen molar-refractivity contribution >= 4 is 0 Å². The zero-order valence-electron chi connectivity index (χ0n) is 7.95. The Morgan fingerprint density at radius 1 is 1.25 bits per heavy atom. The lowest BCUT2D eigenvalue weighted by molar-refractivity contribution is 0.292. The first-order valence-corrected chi connectivity index (χ1v) is 4.33. The summed E-state index contributed by atoms with van der Waals surface area (Å²) >= 11 is 0. The van der Waals surface area contributed by atoms with Crippen molar-refractivity contribution in [2.24, 2.45) is 0 Å². The molecule has 0 saturated heterocycles. The number of hydrogen-bond acceptors (Lipinski definition) is 3. The standard InChI is InChI=1S/C7H10N2O.C2H6/c1-2-6-10-7-8-4-3-5-9-7;1-2/h3-5H,2,6H2,1H3;1-2H3. The Hall–Kier alpha value is -1.12. The van der Waals surface area contributed by atoms with Crippen LogP contribution in [0.25, 0.3) is 0 Å². The molecule has 3 nitrogen and oxygen atoms in total. The van der Waals surface area contributed by atoms with E-state index in [1.54, 1.807) is 18.5 Å². The summed E-state index contributed by atoms with van der Waals surface area (Å²) in [5.41, 5.74) is 0. The largest absolute Gasteiger partial charge is 0.463 e. The van der Waals surface area contributed by atoms with Gasteiger partial charge in [-0.25, -0.2) is 9.97 Å². The molecule has 1 heterocycles. The Morgan fingerprint density at radius 2 is 1.83 bits per heavy atom. The molecule has 0 atom stereocenters. The van der Waals surface area contributed by atoms with Crippen LogP contribution in [0.5, 0.6) is 6.01 Å². The topological polar surface area (TPSA) is 35.0 Å². The zero-order valence-corrected chi connectivity index (χ0v) is 7.95. The highest BCUT2D eigenvalue weighted by Crippen LogP contribution is 1.96. The lowest BCUT2D eigenvalue weighted by Gasteiger charge is -1.98. The maximum atomic E-state index is 5.13. The van der Waals surface area contributed by atoms with Crippen molar-refractivity contribution in [3.8, 4) is 6.01 Å². The first kappa shape index (κ1) is 10.9. The first-order valence-electron chi connectivity index (χ1n) is 4.33. The molecule has 0 bridgehead atoms. The highest BCUT2D eigenvalue weighted by molar-refractivity contribution is 4.92. The number of aromatic nitrogens is 2. The third-order valence-electron chi connectivity index (χ3n) is 0.977. The van der Waals surface area contributed by atoms with Gasteiger partial charge in [-0.15, -0.1) is 0 Å². The zero-order chi connectivity index (χ0) is 9.23. The highest BCUT2D eigenvalue weighted by Gasteiger charge is 1.90. The number of rotatable bonds is 3. The molecule has 0 radical (unpaired) electrons. The van der Waals surface area contributed by atoms with Crippen LogP contribution < -0.4 is 4.74 Å². The fourth-order valence-electron chi connectivity index (χ4n) is 0.553. The van der Waals surface area contributed by atoms with Crippen molar-refractivity contribution in [1.29, 1.82) is 0 Å². The normalized spacial score (nSPS) is 8.25. The van der Waals surface area contributed by atoms with Crippen molar-refractivity contribution in [2.45, 2.75) is 27.2 Å². The van der Waals surface area contributed by atoms with Crippen molar-refractivity contribution in [2.75, 3.05) is 6.61 Å². The SMILES string of the molecule is CC.CCCOc1ncccn1. The molecule has 0 unspecified atom stereocenters. The van der Waals surface area contributed by atoms with Crippen molar-refractivity contribution in [1.82, 2.24) is 9.97 Å². The molecule has 1 rings (SSSR count). The number of hydrogen-bond donors (Lipinski definition) is 0. The molecule has 68 valence electrons. The van der Waals surface area contributed by atoms with Crippen LogP contribution in [0.4, 0.5) is 0 Å². The van der Waals surface area contributed by atoms with E-state index in [9.17, 15) is 0 Å². The predicted molar refractivity (Wildman–Crippen MR) is 49.2 cm³/mol. The minimum Gasteiger partial charge on any atom is -0.463 e. The van der Waals surface area contributed by atoms with Crippen LogP contribution in [0.1, 0.15) is 27.2 Å². The number of nitrogens with zero attached hydrogens (tertiary/aromatic N) is 2. The van der Waals surface area contributed by atoms with E-state index >= 15 is 0 Å². The summed E-state index contributed by atoms with van der Waals surface area (Å²) in [5, 5.41) is 0. The lowest BCUT2D eigenvalue weighted by Crippen LogP contribution is -1.98. The Morgan fingerprint density at radius 3 is 2.33 bits per heavy atom. The van der Waals surface area contributed by atoms with Gasteiger partial charge >= 0.3 is 6.01 Å². The molecule has 1 aromatic heterocycles. The van der Waals surface area contributed by atoms with Gasteiger partial charge in [0.05, 0.1) is 6.61 Å². The Kier molecular flexibility index (Phi) is 7.24. The second-order valence-electron chi connectivity index (χ2n) is 1.88. The maximum Gasteiger partial charge on any atom is 0.316 e. The second kappa shape index (κ2) is 7.98. The minimum atomic E-state index is 0.462. The van der Waals surface area contributed by atoms with E-state index in [-0.39, 0.29) is 0 Å². The van der Waals surface area contributed by atoms with Crippen LogP contribution in [0.15, 0.2) is 18.5 Å². The molecule has 0 amide bonds. The summed E-state index contributed by atoms with van der Waals surface area (Å²) in [4.78, 5) is 7.77. The van der Waals surface area contributed by atoms with Crippen LogP contribution in [-0.2, 0) is 0 Å². The van der Waals surface area contributed by atoms with Crippen LogP contribution in [-0.4, -0.2) is 16.6 Å². The Bertz CT molecular complexity index is 177. The van der Waals surface area contributed by atoms with Gasteiger partial charge in [0.2, 0.25) is 0 Å². The van der Waals surface area contributed by atoms with E-state index in [0.717, 1.165) is 6.42 Å². The van der Waals surface area contributed by atoms with Crippen LogP contribution in [0.3, 0.4) is 0 Å². The fraction of sp³-hybridized carbons (Fsp3) is 0.556. The summed E-state index contributed by atoms with van der Waals surface area (Å²) in [6.07, 6.45) is 4.31. The average molecular weight is 168 g/mol. The predicted octanol–water partition coefficient (Wildman–Crippen LogP) is 2.29. The van der Waals surface area contributed by atoms with E-state index in [0.29, 0.717) is 12.6 Å². The van der Waals surface area contributed by atoms with Crippen LogP contribution in [0.2, 0.25) is 0 Å². The van der Waals surface area contributed by atoms with Gasteiger partial charge in [-0.3, -0.25) is 0 Å². The molecular formula is C9H16N2O. The van der Waals surface area contributed by atoms with E-state index < -0.39 is 0 Å². The average Bonchev–Trinajstić information content (AvgIpc) is 2.19. The maximum absolute atomic E-state index is 5.13. The molecule has 0 aliphatic rings.